The molecule has 1 N–H and O–H groups in total. The van der Waals surface area contributed by atoms with E-state index in [0.29, 0.717) is 17.9 Å². The van der Waals surface area contributed by atoms with Gasteiger partial charge in [0.05, 0.1) is 17.2 Å². The van der Waals surface area contributed by atoms with Gasteiger partial charge in [-0.1, -0.05) is 18.2 Å². The summed E-state index contributed by atoms with van der Waals surface area (Å²) in [5.41, 5.74) is 0. The Kier molecular flexibility index (Phi) is 5.52. The molecular weight excluding hydrogens is 286 g/mol. The van der Waals surface area contributed by atoms with Crippen molar-refractivity contribution < 1.29 is 8.42 Å². The molecular formula is C15H21N3O2S. The van der Waals surface area contributed by atoms with Crippen LogP contribution < -0.4 is 5.32 Å². The Hall–Kier alpha value is -1.66. The minimum Gasteiger partial charge on any atom is -0.312 e. The first-order valence-corrected chi connectivity index (χ1v) is 8.72. The Morgan fingerprint density at radius 2 is 2.00 bits per heavy atom. The van der Waals surface area contributed by atoms with Gasteiger partial charge in [0.1, 0.15) is 0 Å². The topological polar surface area (TPSA) is 64.0 Å². The van der Waals surface area contributed by atoms with E-state index in [1.165, 1.54) is 0 Å². The standard InChI is InChI=1S/C15H21N3O2S/c1-14(13-18-11-5-10-17-18)16-9-6-12-21(19,20)15-7-3-2-4-8-15/h2-5,7-8,10-11,14,16H,6,9,12-13H2,1H3/t14-/m0/s1. The summed E-state index contributed by atoms with van der Waals surface area (Å²) < 4.78 is 26.0. The second-order valence-electron chi connectivity index (χ2n) is 5.07. The Labute approximate surface area is 125 Å². The van der Waals surface area contributed by atoms with Gasteiger partial charge in [-0.2, -0.15) is 5.10 Å². The number of rotatable bonds is 8. The van der Waals surface area contributed by atoms with Gasteiger partial charge in [0, 0.05) is 18.4 Å². The van der Waals surface area contributed by atoms with Crippen LogP contribution in [-0.2, 0) is 16.4 Å². The average molecular weight is 307 g/mol. The molecule has 0 aliphatic carbocycles. The lowest BCUT2D eigenvalue weighted by Crippen LogP contribution is -2.32. The average Bonchev–Trinajstić information content (AvgIpc) is 2.97. The fourth-order valence-electron chi connectivity index (χ4n) is 2.11. The summed E-state index contributed by atoms with van der Waals surface area (Å²) >= 11 is 0. The van der Waals surface area contributed by atoms with E-state index in [2.05, 4.69) is 17.3 Å². The van der Waals surface area contributed by atoms with Crippen LogP contribution in [0, 0.1) is 0 Å². The summed E-state index contributed by atoms with van der Waals surface area (Å²) in [6.45, 7) is 3.51. The first-order chi connectivity index (χ1) is 10.1. The van der Waals surface area contributed by atoms with Gasteiger partial charge < -0.3 is 5.32 Å². The molecule has 0 unspecified atom stereocenters. The highest BCUT2D eigenvalue weighted by molar-refractivity contribution is 7.91. The molecule has 0 amide bonds. The molecule has 1 aromatic heterocycles. The molecule has 0 aliphatic heterocycles. The molecule has 0 radical (unpaired) electrons. The Balaban J connectivity index is 1.72. The van der Waals surface area contributed by atoms with Crippen molar-refractivity contribution in [3.8, 4) is 0 Å². The molecule has 6 heteroatoms. The van der Waals surface area contributed by atoms with Gasteiger partial charge in [-0.05, 0) is 38.1 Å². The van der Waals surface area contributed by atoms with Gasteiger partial charge in [-0.15, -0.1) is 0 Å². The van der Waals surface area contributed by atoms with E-state index in [1.807, 2.05) is 23.0 Å². The molecule has 1 aromatic carbocycles. The largest absolute Gasteiger partial charge is 0.312 e. The molecule has 0 spiro atoms. The SMILES string of the molecule is C[C@@H](Cn1cccn1)NCCCS(=O)(=O)c1ccccc1. The molecule has 21 heavy (non-hydrogen) atoms. The number of hydrogen-bond donors (Lipinski definition) is 1. The molecule has 2 aromatic rings. The number of benzene rings is 1. The summed E-state index contributed by atoms with van der Waals surface area (Å²) in [6, 6.07) is 10.7. The van der Waals surface area contributed by atoms with E-state index >= 15 is 0 Å². The van der Waals surface area contributed by atoms with Gasteiger partial charge in [-0.3, -0.25) is 4.68 Å². The monoisotopic (exact) mass is 307 g/mol. The number of nitrogens with zero attached hydrogens (tertiary/aromatic N) is 2. The van der Waals surface area contributed by atoms with Crippen molar-refractivity contribution in [2.45, 2.75) is 30.8 Å². The summed E-state index contributed by atoms with van der Waals surface area (Å²) in [5.74, 6) is 0.165. The summed E-state index contributed by atoms with van der Waals surface area (Å²) in [5, 5.41) is 7.46. The maximum absolute atomic E-state index is 12.1. The van der Waals surface area contributed by atoms with Gasteiger partial charge in [-0.25, -0.2) is 8.42 Å². The molecule has 0 fully saturated rings. The van der Waals surface area contributed by atoms with Gasteiger partial charge in [0.25, 0.3) is 0 Å². The Morgan fingerprint density at radius 3 is 2.67 bits per heavy atom. The van der Waals surface area contributed by atoms with Crippen LogP contribution in [0.25, 0.3) is 0 Å². The second-order valence-corrected chi connectivity index (χ2v) is 7.18. The predicted molar refractivity (Wildman–Crippen MR) is 82.8 cm³/mol. The van der Waals surface area contributed by atoms with E-state index in [0.717, 1.165) is 6.54 Å². The van der Waals surface area contributed by atoms with Crippen molar-refractivity contribution in [1.82, 2.24) is 15.1 Å². The molecule has 2 rings (SSSR count). The van der Waals surface area contributed by atoms with Crippen LogP contribution in [-0.4, -0.2) is 36.5 Å². The molecule has 0 saturated heterocycles. The highest BCUT2D eigenvalue weighted by Gasteiger charge is 2.13. The van der Waals surface area contributed by atoms with E-state index in [4.69, 9.17) is 0 Å². The van der Waals surface area contributed by atoms with Crippen LogP contribution in [0.5, 0.6) is 0 Å². The van der Waals surface area contributed by atoms with Crippen LogP contribution in [0.1, 0.15) is 13.3 Å². The third-order valence-electron chi connectivity index (χ3n) is 3.21. The summed E-state index contributed by atoms with van der Waals surface area (Å²) in [6.07, 6.45) is 4.26. The normalized spacial score (nSPS) is 13.2. The quantitative estimate of drug-likeness (QED) is 0.754. The number of hydrogen-bond acceptors (Lipinski definition) is 4. The smallest absolute Gasteiger partial charge is 0.178 e. The highest BCUT2D eigenvalue weighted by atomic mass is 32.2. The zero-order chi connectivity index (χ0) is 15.1. The third kappa shape index (κ3) is 4.99. The van der Waals surface area contributed by atoms with Crippen molar-refractivity contribution in [3.05, 3.63) is 48.8 Å². The minimum absolute atomic E-state index is 0.165. The van der Waals surface area contributed by atoms with E-state index < -0.39 is 9.84 Å². The number of nitrogens with one attached hydrogen (secondary N) is 1. The Bertz CT molecular complexity index is 624. The third-order valence-corrected chi connectivity index (χ3v) is 5.02. The molecule has 1 heterocycles. The number of aromatic nitrogens is 2. The van der Waals surface area contributed by atoms with Crippen LogP contribution in [0.4, 0.5) is 0 Å². The van der Waals surface area contributed by atoms with Crippen LogP contribution in [0.3, 0.4) is 0 Å². The molecule has 0 bridgehead atoms. The second kappa shape index (κ2) is 7.38. The van der Waals surface area contributed by atoms with Crippen molar-refractivity contribution in [2.75, 3.05) is 12.3 Å². The molecule has 1 atom stereocenters. The number of sulfone groups is 1. The first-order valence-electron chi connectivity index (χ1n) is 7.06. The zero-order valence-corrected chi connectivity index (χ0v) is 13.0. The maximum atomic E-state index is 12.1. The highest BCUT2D eigenvalue weighted by Crippen LogP contribution is 2.10. The van der Waals surface area contributed by atoms with Gasteiger partial charge in [0.2, 0.25) is 0 Å². The van der Waals surface area contributed by atoms with Crippen molar-refractivity contribution in [1.29, 1.82) is 0 Å². The van der Waals surface area contributed by atoms with E-state index in [-0.39, 0.29) is 11.8 Å². The predicted octanol–water partition coefficient (Wildman–Crippen LogP) is 1.73. The molecule has 0 saturated carbocycles. The van der Waals surface area contributed by atoms with Crippen molar-refractivity contribution in [3.63, 3.8) is 0 Å². The van der Waals surface area contributed by atoms with Crippen molar-refractivity contribution in [2.24, 2.45) is 0 Å². The fraction of sp³-hybridized carbons (Fsp3) is 0.400. The maximum Gasteiger partial charge on any atom is 0.178 e. The van der Waals surface area contributed by atoms with Crippen LogP contribution in [0.15, 0.2) is 53.7 Å². The Morgan fingerprint density at radius 1 is 1.24 bits per heavy atom. The fourth-order valence-corrected chi connectivity index (χ4v) is 3.44. The van der Waals surface area contributed by atoms with E-state index in [9.17, 15) is 8.42 Å². The lowest BCUT2D eigenvalue weighted by Gasteiger charge is -2.13. The molecule has 0 aliphatic rings. The lowest BCUT2D eigenvalue weighted by molar-refractivity contribution is 0.451. The van der Waals surface area contributed by atoms with Crippen LogP contribution in [0.2, 0.25) is 0 Å². The van der Waals surface area contributed by atoms with Gasteiger partial charge in [0.15, 0.2) is 9.84 Å². The summed E-state index contributed by atoms with van der Waals surface area (Å²) in [7, 11) is -3.17. The van der Waals surface area contributed by atoms with Crippen molar-refractivity contribution >= 4 is 9.84 Å². The molecule has 114 valence electrons. The zero-order valence-electron chi connectivity index (χ0n) is 12.1. The van der Waals surface area contributed by atoms with E-state index in [1.54, 1.807) is 30.5 Å². The minimum atomic E-state index is -3.17. The first kappa shape index (κ1) is 15.7. The molecule has 5 nitrogen and oxygen atoms in total. The van der Waals surface area contributed by atoms with Gasteiger partial charge >= 0.3 is 0 Å². The van der Waals surface area contributed by atoms with Crippen LogP contribution >= 0.6 is 0 Å². The summed E-state index contributed by atoms with van der Waals surface area (Å²) in [4.78, 5) is 0.398. The lowest BCUT2D eigenvalue weighted by atomic mass is 10.3.